The number of urea groups is 1. The lowest BCUT2D eigenvalue weighted by Gasteiger charge is -2.10. The number of benzene rings is 2. The summed E-state index contributed by atoms with van der Waals surface area (Å²) in [7, 11) is 0. The molecule has 130 valence electrons. The molecular weight excluding hydrogens is 328 g/mol. The molecule has 0 fully saturated rings. The SMILES string of the molecule is O=C(NCc1ccccc1)Nc1cccc(NC(=O)c2ccccn2)c1. The highest BCUT2D eigenvalue weighted by molar-refractivity contribution is 6.03. The highest BCUT2D eigenvalue weighted by atomic mass is 16.2. The Hall–Kier alpha value is -3.67. The molecule has 0 aliphatic rings. The highest BCUT2D eigenvalue weighted by Gasteiger charge is 2.08. The third-order valence-corrected chi connectivity index (χ3v) is 3.57. The van der Waals surface area contributed by atoms with Crippen LogP contribution in [-0.4, -0.2) is 16.9 Å². The van der Waals surface area contributed by atoms with Crippen LogP contribution in [0.3, 0.4) is 0 Å². The molecule has 2 aromatic carbocycles. The summed E-state index contributed by atoms with van der Waals surface area (Å²) in [6, 6.07) is 21.4. The molecule has 0 atom stereocenters. The number of carbonyl (C=O) groups excluding carboxylic acids is 2. The normalized spacial score (nSPS) is 10.0. The van der Waals surface area contributed by atoms with Crippen LogP contribution in [0.25, 0.3) is 0 Å². The Labute approximate surface area is 151 Å². The van der Waals surface area contributed by atoms with Crippen molar-refractivity contribution in [1.82, 2.24) is 10.3 Å². The Morgan fingerprint density at radius 1 is 0.808 bits per heavy atom. The molecule has 6 heteroatoms. The molecular formula is C20H18N4O2. The van der Waals surface area contributed by atoms with Gasteiger partial charge in [0, 0.05) is 24.1 Å². The second-order valence-corrected chi connectivity index (χ2v) is 5.54. The van der Waals surface area contributed by atoms with E-state index in [0.717, 1.165) is 5.56 Å². The number of pyridine rings is 1. The first-order valence-corrected chi connectivity index (χ1v) is 8.12. The zero-order valence-corrected chi connectivity index (χ0v) is 14.0. The number of aromatic nitrogens is 1. The topological polar surface area (TPSA) is 83.1 Å². The van der Waals surface area contributed by atoms with Gasteiger partial charge < -0.3 is 16.0 Å². The van der Waals surface area contributed by atoms with Crippen molar-refractivity contribution in [1.29, 1.82) is 0 Å². The van der Waals surface area contributed by atoms with Crippen molar-refractivity contribution < 1.29 is 9.59 Å². The number of amides is 3. The maximum Gasteiger partial charge on any atom is 0.319 e. The Kier molecular flexibility index (Phi) is 5.57. The van der Waals surface area contributed by atoms with Crippen molar-refractivity contribution in [2.75, 3.05) is 10.6 Å². The van der Waals surface area contributed by atoms with E-state index in [0.29, 0.717) is 23.6 Å². The van der Waals surface area contributed by atoms with E-state index < -0.39 is 0 Å². The van der Waals surface area contributed by atoms with Crippen LogP contribution in [0.1, 0.15) is 16.1 Å². The number of nitrogens with one attached hydrogen (secondary N) is 3. The average Bonchev–Trinajstić information content (AvgIpc) is 2.68. The summed E-state index contributed by atoms with van der Waals surface area (Å²) in [6.07, 6.45) is 1.56. The largest absolute Gasteiger partial charge is 0.334 e. The van der Waals surface area contributed by atoms with E-state index in [1.54, 1.807) is 48.7 Å². The minimum Gasteiger partial charge on any atom is -0.334 e. The molecule has 1 heterocycles. The predicted molar refractivity (Wildman–Crippen MR) is 101 cm³/mol. The van der Waals surface area contributed by atoms with Gasteiger partial charge in [0.05, 0.1) is 0 Å². The first-order chi connectivity index (χ1) is 12.7. The fraction of sp³-hybridized carbons (Fsp3) is 0.0500. The van der Waals surface area contributed by atoms with Gasteiger partial charge in [0.15, 0.2) is 0 Å². The number of hydrogen-bond donors (Lipinski definition) is 3. The van der Waals surface area contributed by atoms with Gasteiger partial charge in [0.1, 0.15) is 5.69 Å². The summed E-state index contributed by atoms with van der Waals surface area (Å²) >= 11 is 0. The van der Waals surface area contributed by atoms with Gasteiger partial charge in [-0.25, -0.2) is 4.79 Å². The van der Waals surface area contributed by atoms with E-state index in [4.69, 9.17) is 0 Å². The van der Waals surface area contributed by atoms with Crippen LogP contribution in [0.4, 0.5) is 16.2 Å². The van der Waals surface area contributed by atoms with Crippen LogP contribution >= 0.6 is 0 Å². The number of anilines is 2. The van der Waals surface area contributed by atoms with Crippen LogP contribution in [0.2, 0.25) is 0 Å². The number of carbonyl (C=O) groups is 2. The molecule has 3 aromatic rings. The lowest BCUT2D eigenvalue weighted by molar-refractivity contribution is 0.102. The molecule has 0 radical (unpaired) electrons. The fourth-order valence-electron chi connectivity index (χ4n) is 2.32. The minimum atomic E-state index is -0.318. The van der Waals surface area contributed by atoms with E-state index in [9.17, 15) is 9.59 Å². The molecule has 3 rings (SSSR count). The van der Waals surface area contributed by atoms with Crippen LogP contribution < -0.4 is 16.0 Å². The fourth-order valence-corrected chi connectivity index (χ4v) is 2.32. The summed E-state index contributed by atoms with van der Waals surface area (Å²) in [5.41, 5.74) is 2.49. The minimum absolute atomic E-state index is 0.309. The molecule has 0 aliphatic heterocycles. The lowest BCUT2D eigenvalue weighted by atomic mass is 10.2. The second-order valence-electron chi connectivity index (χ2n) is 5.54. The molecule has 0 aliphatic carbocycles. The maximum atomic E-state index is 12.1. The van der Waals surface area contributed by atoms with E-state index in [-0.39, 0.29) is 11.9 Å². The molecule has 3 N–H and O–H groups in total. The average molecular weight is 346 g/mol. The zero-order chi connectivity index (χ0) is 18.2. The molecule has 1 aromatic heterocycles. The quantitative estimate of drug-likeness (QED) is 0.659. The van der Waals surface area contributed by atoms with Gasteiger partial charge in [-0.2, -0.15) is 0 Å². The standard InChI is InChI=1S/C20H18N4O2/c25-19(18-11-4-5-12-21-18)23-16-9-6-10-17(13-16)24-20(26)22-14-15-7-2-1-3-8-15/h1-13H,14H2,(H,23,25)(H2,22,24,26). The van der Waals surface area contributed by atoms with Crippen molar-refractivity contribution >= 4 is 23.3 Å². The van der Waals surface area contributed by atoms with Crippen molar-refractivity contribution in [2.45, 2.75) is 6.54 Å². The molecule has 6 nitrogen and oxygen atoms in total. The molecule has 0 saturated heterocycles. The Balaban J connectivity index is 1.57. The monoisotopic (exact) mass is 346 g/mol. The van der Waals surface area contributed by atoms with Gasteiger partial charge in [-0.1, -0.05) is 42.5 Å². The van der Waals surface area contributed by atoms with Crippen LogP contribution in [0, 0.1) is 0 Å². The molecule has 0 spiro atoms. The van der Waals surface area contributed by atoms with Crippen molar-refractivity contribution in [3.63, 3.8) is 0 Å². The van der Waals surface area contributed by atoms with Crippen LogP contribution in [-0.2, 0) is 6.54 Å². The van der Waals surface area contributed by atoms with E-state index >= 15 is 0 Å². The Morgan fingerprint density at radius 3 is 2.27 bits per heavy atom. The van der Waals surface area contributed by atoms with E-state index in [2.05, 4.69) is 20.9 Å². The summed E-state index contributed by atoms with van der Waals surface area (Å²) in [5.74, 6) is -0.309. The van der Waals surface area contributed by atoms with Gasteiger partial charge in [0.25, 0.3) is 5.91 Å². The van der Waals surface area contributed by atoms with Crippen molar-refractivity contribution in [2.24, 2.45) is 0 Å². The molecule has 0 bridgehead atoms. The smallest absolute Gasteiger partial charge is 0.319 e. The number of rotatable bonds is 5. The van der Waals surface area contributed by atoms with Gasteiger partial charge >= 0.3 is 6.03 Å². The number of nitrogens with zero attached hydrogens (tertiary/aromatic N) is 1. The summed E-state index contributed by atoms with van der Waals surface area (Å²) in [6.45, 7) is 0.433. The van der Waals surface area contributed by atoms with E-state index in [1.165, 1.54) is 0 Å². The highest BCUT2D eigenvalue weighted by Crippen LogP contribution is 2.15. The van der Waals surface area contributed by atoms with Crippen molar-refractivity contribution in [3.8, 4) is 0 Å². The van der Waals surface area contributed by atoms with Gasteiger partial charge in [-0.15, -0.1) is 0 Å². The van der Waals surface area contributed by atoms with E-state index in [1.807, 2.05) is 30.3 Å². The van der Waals surface area contributed by atoms with Crippen LogP contribution in [0.5, 0.6) is 0 Å². The van der Waals surface area contributed by atoms with Gasteiger partial charge in [-0.3, -0.25) is 9.78 Å². The third kappa shape index (κ3) is 4.91. The lowest BCUT2D eigenvalue weighted by Crippen LogP contribution is -2.28. The Morgan fingerprint density at radius 2 is 1.54 bits per heavy atom. The molecule has 0 saturated carbocycles. The zero-order valence-electron chi connectivity index (χ0n) is 14.0. The van der Waals surface area contributed by atoms with Gasteiger partial charge in [0.2, 0.25) is 0 Å². The predicted octanol–water partition coefficient (Wildman–Crippen LogP) is 3.66. The first-order valence-electron chi connectivity index (χ1n) is 8.12. The van der Waals surface area contributed by atoms with Crippen molar-refractivity contribution in [3.05, 3.63) is 90.3 Å². The summed E-state index contributed by atoms with van der Waals surface area (Å²) in [4.78, 5) is 28.2. The molecule has 26 heavy (non-hydrogen) atoms. The second kappa shape index (κ2) is 8.43. The molecule has 0 unspecified atom stereocenters. The molecule has 3 amide bonds. The number of hydrogen-bond acceptors (Lipinski definition) is 3. The van der Waals surface area contributed by atoms with Gasteiger partial charge in [-0.05, 0) is 35.9 Å². The summed E-state index contributed by atoms with van der Waals surface area (Å²) in [5, 5.41) is 8.29. The first kappa shape index (κ1) is 17.2. The maximum absolute atomic E-state index is 12.1. The van der Waals surface area contributed by atoms with Crippen LogP contribution in [0.15, 0.2) is 79.0 Å². The Bertz CT molecular complexity index is 883. The third-order valence-electron chi connectivity index (χ3n) is 3.57. The summed E-state index contributed by atoms with van der Waals surface area (Å²) < 4.78 is 0.